The summed E-state index contributed by atoms with van der Waals surface area (Å²) in [4.78, 5) is 39.7. The van der Waals surface area contributed by atoms with E-state index in [4.69, 9.17) is 9.84 Å². The van der Waals surface area contributed by atoms with Crippen LogP contribution in [0.4, 0.5) is 5.69 Å². The number of likely N-dealkylation sites (tertiary alicyclic amines) is 1. The molecule has 1 fully saturated rings. The number of carbonyl (C=O) groups excluding carboxylic acids is 2. The molecule has 0 spiro atoms. The van der Waals surface area contributed by atoms with Crippen molar-refractivity contribution >= 4 is 23.5 Å². The van der Waals surface area contributed by atoms with Crippen LogP contribution in [-0.2, 0) is 19.1 Å². The van der Waals surface area contributed by atoms with E-state index in [0.717, 1.165) is 22.4 Å². The maximum atomic E-state index is 12.7. The molecule has 2 atom stereocenters. The number of ether oxygens (including phenoxy) is 1. The number of aryl methyl sites for hydroxylation is 3. The average Bonchev–Trinajstić information content (AvgIpc) is 2.61. The van der Waals surface area contributed by atoms with Gasteiger partial charge < -0.3 is 9.84 Å². The summed E-state index contributed by atoms with van der Waals surface area (Å²) >= 11 is 0. The van der Waals surface area contributed by atoms with E-state index in [1.165, 1.54) is 14.0 Å². The van der Waals surface area contributed by atoms with E-state index in [2.05, 4.69) is 0 Å². The number of anilines is 1. The lowest BCUT2D eigenvalue weighted by atomic mass is 9.92. The number of carbonyl (C=O) groups is 3. The van der Waals surface area contributed by atoms with Gasteiger partial charge in [0.05, 0.1) is 31.3 Å². The SMILES string of the molecule is COC(=O)C1CCN(CCC(=O)O)C(N(C(C)=O)c2c(C)cc(C)cc2C)C1. The van der Waals surface area contributed by atoms with Gasteiger partial charge >= 0.3 is 11.9 Å². The van der Waals surface area contributed by atoms with E-state index in [9.17, 15) is 14.4 Å². The lowest BCUT2D eigenvalue weighted by molar-refractivity contribution is -0.148. The van der Waals surface area contributed by atoms with Gasteiger partial charge in [-0.05, 0) is 44.7 Å². The van der Waals surface area contributed by atoms with Crippen molar-refractivity contribution in [1.82, 2.24) is 4.90 Å². The summed E-state index contributed by atoms with van der Waals surface area (Å²) in [5.74, 6) is -1.62. The summed E-state index contributed by atoms with van der Waals surface area (Å²) < 4.78 is 4.93. The maximum absolute atomic E-state index is 12.7. The van der Waals surface area contributed by atoms with Crippen LogP contribution in [0.5, 0.6) is 0 Å². The van der Waals surface area contributed by atoms with Crippen LogP contribution in [0.1, 0.15) is 42.9 Å². The van der Waals surface area contributed by atoms with E-state index in [0.29, 0.717) is 25.9 Å². The third-order valence-electron chi connectivity index (χ3n) is 5.34. The summed E-state index contributed by atoms with van der Waals surface area (Å²) in [5.41, 5.74) is 3.90. The molecule has 154 valence electrons. The number of esters is 1. The Hall–Kier alpha value is -2.41. The van der Waals surface area contributed by atoms with Crippen LogP contribution in [0.2, 0.25) is 0 Å². The number of hydrogen-bond acceptors (Lipinski definition) is 5. The Morgan fingerprint density at radius 3 is 2.32 bits per heavy atom. The Balaban J connectivity index is 2.46. The average molecular weight is 390 g/mol. The highest BCUT2D eigenvalue weighted by atomic mass is 16.5. The molecule has 2 rings (SSSR count). The van der Waals surface area contributed by atoms with Gasteiger partial charge in [-0.15, -0.1) is 0 Å². The highest BCUT2D eigenvalue weighted by molar-refractivity contribution is 5.94. The molecule has 7 heteroatoms. The molecule has 1 aliphatic heterocycles. The Morgan fingerprint density at radius 1 is 1.21 bits per heavy atom. The number of benzene rings is 1. The minimum absolute atomic E-state index is 0.0169. The van der Waals surface area contributed by atoms with Crippen LogP contribution in [-0.4, -0.2) is 54.2 Å². The zero-order valence-electron chi connectivity index (χ0n) is 17.3. The Labute approximate surface area is 166 Å². The monoisotopic (exact) mass is 390 g/mol. The van der Waals surface area contributed by atoms with Crippen molar-refractivity contribution in [3.8, 4) is 0 Å². The van der Waals surface area contributed by atoms with E-state index in [-0.39, 0.29) is 24.2 Å². The van der Waals surface area contributed by atoms with E-state index in [1.54, 1.807) is 4.90 Å². The first-order valence-corrected chi connectivity index (χ1v) is 9.57. The molecule has 1 heterocycles. The van der Waals surface area contributed by atoms with Crippen molar-refractivity contribution in [2.75, 3.05) is 25.1 Å². The summed E-state index contributed by atoms with van der Waals surface area (Å²) in [7, 11) is 1.37. The Bertz CT molecular complexity index is 738. The van der Waals surface area contributed by atoms with Crippen molar-refractivity contribution < 1.29 is 24.2 Å². The number of hydrogen-bond donors (Lipinski definition) is 1. The second kappa shape index (κ2) is 9.19. The van der Waals surface area contributed by atoms with Crippen LogP contribution in [0, 0.1) is 26.7 Å². The zero-order valence-corrected chi connectivity index (χ0v) is 17.3. The van der Waals surface area contributed by atoms with Crippen molar-refractivity contribution in [1.29, 1.82) is 0 Å². The fourth-order valence-electron chi connectivity index (χ4n) is 4.21. The van der Waals surface area contributed by atoms with Crippen LogP contribution < -0.4 is 4.90 Å². The third-order valence-corrected chi connectivity index (χ3v) is 5.34. The van der Waals surface area contributed by atoms with Gasteiger partial charge in [-0.3, -0.25) is 24.2 Å². The van der Waals surface area contributed by atoms with E-state index in [1.807, 2.05) is 37.8 Å². The first kappa shape index (κ1) is 21.9. The molecule has 1 N–H and O–H groups in total. The first-order valence-electron chi connectivity index (χ1n) is 9.57. The van der Waals surface area contributed by atoms with E-state index < -0.39 is 12.1 Å². The fraction of sp³-hybridized carbons (Fsp3) is 0.571. The molecule has 0 bridgehead atoms. The van der Waals surface area contributed by atoms with Crippen molar-refractivity contribution in [2.24, 2.45) is 5.92 Å². The number of amides is 1. The topological polar surface area (TPSA) is 87.2 Å². The third kappa shape index (κ3) is 4.90. The summed E-state index contributed by atoms with van der Waals surface area (Å²) in [6.45, 7) is 8.30. The molecule has 0 aliphatic carbocycles. The van der Waals surface area contributed by atoms with Gasteiger partial charge in [0.15, 0.2) is 0 Å². The van der Waals surface area contributed by atoms with Crippen LogP contribution in [0.25, 0.3) is 0 Å². The smallest absolute Gasteiger partial charge is 0.308 e. The van der Waals surface area contributed by atoms with Gasteiger partial charge in [0.1, 0.15) is 0 Å². The van der Waals surface area contributed by atoms with Crippen molar-refractivity contribution in [3.63, 3.8) is 0 Å². The molecule has 28 heavy (non-hydrogen) atoms. The Morgan fingerprint density at radius 2 is 1.82 bits per heavy atom. The molecule has 1 aliphatic rings. The number of methoxy groups -OCH3 is 1. The van der Waals surface area contributed by atoms with Gasteiger partial charge in [0.2, 0.25) is 5.91 Å². The molecular formula is C21H30N2O5. The zero-order chi connectivity index (χ0) is 21.0. The van der Waals surface area contributed by atoms with Crippen LogP contribution in [0.15, 0.2) is 12.1 Å². The Kier molecular flexibility index (Phi) is 7.18. The molecule has 0 aromatic heterocycles. The largest absolute Gasteiger partial charge is 0.481 e. The molecule has 2 unspecified atom stereocenters. The highest BCUT2D eigenvalue weighted by Crippen LogP contribution is 2.34. The summed E-state index contributed by atoms with van der Waals surface area (Å²) in [6, 6.07) is 4.06. The predicted octanol–water partition coefficient (Wildman–Crippen LogP) is 2.65. The van der Waals surface area contributed by atoms with Crippen molar-refractivity contribution in [2.45, 2.75) is 53.1 Å². The molecule has 1 aromatic carbocycles. The highest BCUT2D eigenvalue weighted by Gasteiger charge is 2.38. The normalized spacial score (nSPS) is 19.9. The standard InChI is InChI=1S/C21H30N2O5/c1-13-10-14(2)20(15(3)11-13)23(16(4)24)18-12-17(21(27)28-5)6-8-22(18)9-7-19(25)26/h10-11,17-18H,6-9,12H2,1-5H3,(H,25,26). The lowest BCUT2D eigenvalue weighted by Gasteiger charge is -2.45. The fourth-order valence-corrected chi connectivity index (χ4v) is 4.21. The van der Waals surface area contributed by atoms with Crippen molar-refractivity contribution in [3.05, 3.63) is 28.8 Å². The van der Waals surface area contributed by atoms with Crippen LogP contribution in [0.3, 0.4) is 0 Å². The molecule has 1 saturated heterocycles. The summed E-state index contributed by atoms with van der Waals surface area (Å²) in [6.07, 6.45) is 0.588. The van der Waals surface area contributed by atoms with Gasteiger partial charge in [-0.2, -0.15) is 0 Å². The lowest BCUT2D eigenvalue weighted by Crippen LogP contribution is -2.56. The van der Waals surface area contributed by atoms with Gasteiger partial charge in [-0.1, -0.05) is 17.7 Å². The molecular weight excluding hydrogens is 360 g/mol. The van der Waals surface area contributed by atoms with Gasteiger partial charge in [0.25, 0.3) is 0 Å². The second-order valence-corrected chi connectivity index (χ2v) is 7.54. The number of piperidine rings is 1. The molecule has 1 aromatic rings. The number of rotatable bonds is 6. The number of aliphatic carboxylic acids is 1. The maximum Gasteiger partial charge on any atom is 0.308 e. The van der Waals surface area contributed by atoms with Crippen LogP contribution >= 0.6 is 0 Å². The minimum Gasteiger partial charge on any atom is -0.481 e. The number of carboxylic acids is 1. The first-order chi connectivity index (χ1) is 13.1. The number of carboxylic acid groups (broad SMARTS) is 1. The second-order valence-electron chi connectivity index (χ2n) is 7.54. The quantitative estimate of drug-likeness (QED) is 0.752. The molecule has 1 amide bonds. The van der Waals surface area contributed by atoms with Gasteiger partial charge in [-0.25, -0.2) is 0 Å². The molecule has 0 saturated carbocycles. The summed E-state index contributed by atoms with van der Waals surface area (Å²) in [5, 5.41) is 9.11. The van der Waals surface area contributed by atoms with Gasteiger partial charge in [0, 0.05) is 20.0 Å². The molecule has 7 nitrogen and oxygen atoms in total. The van der Waals surface area contributed by atoms with E-state index >= 15 is 0 Å². The number of nitrogens with zero attached hydrogens (tertiary/aromatic N) is 2. The molecule has 0 radical (unpaired) electrons. The minimum atomic E-state index is -0.883. The predicted molar refractivity (Wildman–Crippen MR) is 106 cm³/mol.